The number of hydrogen-bond acceptors (Lipinski definition) is 3. The molecular formula is C14H14N2O2. The molecule has 0 spiro atoms. The number of imidazole rings is 1. The van der Waals surface area contributed by atoms with Gasteiger partial charge in [0.1, 0.15) is 6.10 Å². The van der Waals surface area contributed by atoms with Gasteiger partial charge in [-0.15, -0.1) is 0 Å². The number of aliphatic hydroxyl groups excluding tert-OH is 1. The zero-order valence-corrected chi connectivity index (χ0v) is 9.86. The number of hydrogen-bond donors (Lipinski definition) is 1. The van der Waals surface area contributed by atoms with Gasteiger partial charge in [-0.3, -0.25) is 0 Å². The van der Waals surface area contributed by atoms with E-state index in [1.165, 1.54) is 11.1 Å². The molecule has 2 aliphatic heterocycles. The summed E-state index contributed by atoms with van der Waals surface area (Å²) in [5.41, 5.74) is 3.53. The fraction of sp³-hybridized carbons (Fsp3) is 0.357. The molecule has 2 unspecified atom stereocenters. The Morgan fingerprint density at radius 2 is 2.22 bits per heavy atom. The van der Waals surface area contributed by atoms with Gasteiger partial charge < -0.3 is 14.4 Å². The van der Waals surface area contributed by atoms with E-state index in [1.54, 1.807) is 0 Å². The van der Waals surface area contributed by atoms with Crippen molar-refractivity contribution in [1.82, 2.24) is 9.55 Å². The molecule has 0 bridgehead atoms. The highest BCUT2D eigenvalue weighted by molar-refractivity contribution is 5.69. The first-order valence-corrected chi connectivity index (χ1v) is 6.27. The molecule has 92 valence electrons. The SMILES string of the molecule is OC1CCOC1[C@H]1c2ccccc2-c2cncn21. The largest absolute Gasteiger partial charge is 0.390 e. The van der Waals surface area contributed by atoms with Crippen LogP contribution in [-0.2, 0) is 4.74 Å². The smallest absolute Gasteiger partial charge is 0.108 e. The highest BCUT2D eigenvalue weighted by atomic mass is 16.5. The molecule has 1 aromatic carbocycles. The predicted molar refractivity (Wildman–Crippen MR) is 66.2 cm³/mol. The van der Waals surface area contributed by atoms with E-state index >= 15 is 0 Å². The number of ether oxygens (including phenoxy) is 1. The molecular weight excluding hydrogens is 228 g/mol. The minimum Gasteiger partial charge on any atom is -0.390 e. The second-order valence-corrected chi connectivity index (χ2v) is 4.91. The summed E-state index contributed by atoms with van der Waals surface area (Å²) in [5.74, 6) is 0. The summed E-state index contributed by atoms with van der Waals surface area (Å²) in [5, 5.41) is 10.1. The number of benzene rings is 1. The van der Waals surface area contributed by atoms with Crippen molar-refractivity contribution in [3.05, 3.63) is 42.4 Å². The van der Waals surface area contributed by atoms with E-state index in [9.17, 15) is 5.11 Å². The number of aliphatic hydroxyl groups is 1. The second-order valence-electron chi connectivity index (χ2n) is 4.91. The predicted octanol–water partition coefficient (Wildman–Crippen LogP) is 1.60. The molecule has 4 heteroatoms. The van der Waals surface area contributed by atoms with Crippen molar-refractivity contribution in [2.75, 3.05) is 6.61 Å². The molecule has 0 aliphatic carbocycles. The third kappa shape index (κ3) is 1.24. The summed E-state index contributed by atoms with van der Waals surface area (Å²) in [6.45, 7) is 0.633. The molecule has 3 heterocycles. The van der Waals surface area contributed by atoms with Crippen LogP contribution in [0.25, 0.3) is 11.3 Å². The van der Waals surface area contributed by atoms with E-state index in [4.69, 9.17) is 4.74 Å². The number of aromatic nitrogens is 2. The summed E-state index contributed by atoms with van der Waals surface area (Å²) in [4.78, 5) is 4.22. The third-order valence-corrected chi connectivity index (χ3v) is 3.94. The Balaban J connectivity index is 1.89. The maximum Gasteiger partial charge on any atom is 0.108 e. The Morgan fingerprint density at radius 1 is 1.33 bits per heavy atom. The molecule has 0 saturated carbocycles. The first-order chi connectivity index (χ1) is 8.86. The second kappa shape index (κ2) is 3.67. The molecule has 1 fully saturated rings. The van der Waals surface area contributed by atoms with Crippen molar-refractivity contribution in [3.8, 4) is 11.3 Å². The Labute approximate surface area is 105 Å². The molecule has 1 saturated heterocycles. The summed E-state index contributed by atoms with van der Waals surface area (Å²) in [7, 11) is 0. The Kier molecular flexibility index (Phi) is 2.10. The quantitative estimate of drug-likeness (QED) is 0.826. The number of rotatable bonds is 1. The number of fused-ring (bicyclic) bond motifs is 3. The minimum atomic E-state index is -0.392. The van der Waals surface area contributed by atoms with Crippen LogP contribution in [0.15, 0.2) is 36.8 Å². The molecule has 4 nitrogen and oxygen atoms in total. The lowest BCUT2D eigenvalue weighted by Crippen LogP contribution is -2.31. The van der Waals surface area contributed by atoms with Crippen molar-refractivity contribution in [2.45, 2.75) is 24.7 Å². The molecule has 4 rings (SSSR count). The van der Waals surface area contributed by atoms with Gasteiger partial charge >= 0.3 is 0 Å². The van der Waals surface area contributed by atoms with E-state index in [0.29, 0.717) is 13.0 Å². The highest BCUT2D eigenvalue weighted by Gasteiger charge is 2.40. The van der Waals surface area contributed by atoms with Gasteiger partial charge in [-0.05, 0) is 12.0 Å². The Hall–Kier alpha value is -1.65. The van der Waals surface area contributed by atoms with Crippen LogP contribution >= 0.6 is 0 Å². The van der Waals surface area contributed by atoms with Crippen LogP contribution in [0.1, 0.15) is 18.0 Å². The zero-order valence-electron chi connectivity index (χ0n) is 9.86. The van der Waals surface area contributed by atoms with Crippen LogP contribution in [0, 0.1) is 0 Å². The normalized spacial score (nSPS) is 29.3. The Morgan fingerprint density at radius 3 is 3.06 bits per heavy atom. The van der Waals surface area contributed by atoms with Gasteiger partial charge in [-0.2, -0.15) is 0 Å². The topological polar surface area (TPSA) is 47.3 Å². The molecule has 18 heavy (non-hydrogen) atoms. The minimum absolute atomic E-state index is 0.0520. The Bertz CT molecular complexity index is 593. The van der Waals surface area contributed by atoms with Gasteiger partial charge in [-0.1, -0.05) is 24.3 Å². The fourth-order valence-electron chi connectivity index (χ4n) is 3.11. The van der Waals surface area contributed by atoms with Gasteiger partial charge in [0.2, 0.25) is 0 Å². The number of nitrogens with zero attached hydrogens (tertiary/aromatic N) is 2. The van der Waals surface area contributed by atoms with E-state index in [1.807, 2.05) is 24.7 Å². The summed E-state index contributed by atoms with van der Waals surface area (Å²) in [6, 6.07) is 8.33. The lowest BCUT2D eigenvalue weighted by molar-refractivity contribution is 0.0183. The lowest BCUT2D eigenvalue weighted by atomic mass is 9.96. The fourth-order valence-corrected chi connectivity index (χ4v) is 3.11. The van der Waals surface area contributed by atoms with Crippen LogP contribution in [0.3, 0.4) is 0 Å². The molecule has 1 N–H and O–H groups in total. The highest BCUT2D eigenvalue weighted by Crippen LogP contribution is 2.43. The monoisotopic (exact) mass is 242 g/mol. The molecule has 2 aromatic rings. The van der Waals surface area contributed by atoms with E-state index in [-0.39, 0.29) is 12.1 Å². The van der Waals surface area contributed by atoms with Gasteiger partial charge in [-0.25, -0.2) is 4.98 Å². The van der Waals surface area contributed by atoms with Crippen LogP contribution in [-0.4, -0.2) is 33.5 Å². The first-order valence-electron chi connectivity index (χ1n) is 6.27. The van der Waals surface area contributed by atoms with Gasteiger partial charge in [0.25, 0.3) is 0 Å². The van der Waals surface area contributed by atoms with Crippen LogP contribution in [0.5, 0.6) is 0 Å². The average molecular weight is 242 g/mol. The summed E-state index contributed by atoms with van der Waals surface area (Å²) < 4.78 is 7.85. The van der Waals surface area contributed by atoms with E-state index in [2.05, 4.69) is 21.7 Å². The molecule has 0 radical (unpaired) electrons. The zero-order chi connectivity index (χ0) is 12.1. The van der Waals surface area contributed by atoms with Crippen molar-refractivity contribution in [2.24, 2.45) is 0 Å². The van der Waals surface area contributed by atoms with Gasteiger partial charge in [0.15, 0.2) is 0 Å². The maximum atomic E-state index is 10.1. The van der Waals surface area contributed by atoms with Crippen molar-refractivity contribution < 1.29 is 9.84 Å². The van der Waals surface area contributed by atoms with Crippen molar-refractivity contribution in [3.63, 3.8) is 0 Å². The molecule has 1 aromatic heterocycles. The molecule has 3 atom stereocenters. The third-order valence-electron chi connectivity index (χ3n) is 3.94. The van der Waals surface area contributed by atoms with Crippen molar-refractivity contribution in [1.29, 1.82) is 0 Å². The van der Waals surface area contributed by atoms with Gasteiger partial charge in [0.05, 0.1) is 30.4 Å². The molecule has 0 amide bonds. The van der Waals surface area contributed by atoms with Crippen molar-refractivity contribution >= 4 is 0 Å². The van der Waals surface area contributed by atoms with Crippen LogP contribution in [0.2, 0.25) is 0 Å². The molecule has 2 aliphatic rings. The summed E-state index contributed by atoms with van der Waals surface area (Å²) >= 11 is 0. The van der Waals surface area contributed by atoms with Crippen LogP contribution < -0.4 is 0 Å². The summed E-state index contributed by atoms with van der Waals surface area (Å²) in [6.07, 6.45) is 3.86. The van der Waals surface area contributed by atoms with Crippen LogP contribution in [0.4, 0.5) is 0 Å². The van der Waals surface area contributed by atoms with Gasteiger partial charge in [0, 0.05) is 12.2 Å². The van der Waals surface area contributed by atoms with E-state index in [0.717, 1.165) is 5.69 Å². The first kappa shape index (κ1) is 10.3. The standard InChI is InChI=1S/C14H14N2O2/c17-12-5-6-18-14(12)13-10-4-2-1-3-9(10)11-7-15-8-16(11)13/h1-4,7-8,12-14,17H,5-6H2/t12?,13-,14?/m1/s1. The lowest BCUT2D eigenvalue weighted by Gasteiger charge is -2.24. The maximum absolute atomic E-state index is 10.1. The average Bonchev–Trinajstić information content (AvgIpc) is 3.05. The van der Waals surface area contributed by atoms with E-state index < -0.39 is 6.10 Å².